The van der Waals surface area contributed by atoms with Gasteiger partial charge in [0.05, 0.1) is 5.92 Å². The quantitative estimate of drug-likeness (QED) is 0.891. The zero-order valence-corrected chi connectivity index (χ0v) is 10.1. The second kappa shape index (κ2) is 5.54. The summed E-state index contributed by atoms with van der Waals surface area (Å²) in [6.07, 6.45) is -1.76. The van der Waals surface area contributed by atoms with Crippen molar-refractivity contribution in [3.05, 3.63) is 6.33 Å². The van der Waals surface area contributed by atoms with E-state index in [-0.39, 0.29) is 25.3 Å². The van der Waals surface area contributed by atoms with E-state index in [4.69, 9.17) is 0 Å². The van der Waals surface area contributed by atoms with Gasteiger partial charge in [-0.1, -0.05) is 6.42 Å². The van der Waals surface area contributed by atoms with Gasteiger partial charge in [0.15, 0.2) is 0 Å². The van der Waals surface area contributed by atoms with Gasteiger partial charge in [0, 0.05) is 6.04 Å². The number of alkyl halides is 3. The molecule has 1 N–H and O–H groups in total. The Kier molecular flexibility index (Phi) is 4.01. The van der Waals surface area contributed by atoms with Crippen LogP contribution in [0.4, 0.5) is 13.2 Å². The molecule has 2 unspecified atom stereocenters. The minimum atomic E-state index is -4.18. The lowest BCUT2D eigenvalue weighted by Crippen LogP contribution is -2.42. The van der Waals surface area contributed by atoms with Crippen molar-refractivity contribution in [2.45, 2.75) is 44.4 Å². The maximum Gasteiger partial charge on any atom is 0.391 e. The van der Waals surface area contributed by atoms with E-state index in [9.17, 15) is 18.0 Å². The number of halogens is 3. The van der Waals surface area contributed by atoms with E-state index in [1.807, 2.05) is 0 Å². The van der Waals surface area contributed by atoms with Crippen LogP contribution in [0.2, 0.25) is 0 Å². The number of carbonyl (C=O) groups is 1. The van der Waals surface area contributed by atoms with Gasteiger partial charge in [-0.3, -0.25) is 4.79 Å². The van der Waals surface area contributed by atoms with Crippen molar-refractivity contribution >= 4 is 5.91 Å². The summed E-state index contributed by atoms with van der Waals surface area (Å²) in [6.45, 7) is -0.0832. The van der Waals surface area contributed by atoms with Gasteiger partial charge in [0.2, 0.25) is 5.91 Å². The van der Waals surface area contributed by atoms with Gasteiger partial charge in [-0.15, -0.1) is 5.10 Å². The molecule has 19 heavy (non-hydrogen) atoms. The smallest absolute Gasteiger partial charge is 0.352 e. The van der Waals surface area contributed by atoms with Crippen LogP contribution in [0.1, 0.15) is 25.7 Å². The van der Waals surface area contributed by atoms with Gasteiger partial charge in [0.1, 0.15) is 12.9 Å². The summed E-state index contributed by atoms with van der Waals surface area (Å²) < 4.78 is 39.1. The first-order valence-corrected chi connectivity index (χ1v) is 6.02. The summed E-state index contributed by atoms with van der Waals surface area (Å²) in [7, 11) is 0. The third-order valence-corrected chi connectivity index (χ3v) is 3.20. The molecule has 1 aromatic heterocycles. The maximum atomic E-state index is 12.6. The molecule has 1 fully saturated rings. The standard InChI is InChI=1S/C10H14F3N5O/c11-10(12,13)7-2-1-3-8(4-7)15-9(19)5-18-6-14-16-17-18/h6-8H,1-5H2,(H,15,19). The van der Waals surface area contributed by atoms with Crippen molar-refractivity contribution in [1.82, 2.24) is 25.5 Å². The summed E-state index contributed by atoms with van der Waals surface area (Å²) in [5.74, 6) is -1.69. The van der Waals surface area contributed by atoms with Crippen LogP contribution in [0.25, 0.3) is 0 Å². The van der Waals surface area contributed by atoms with E-state index >= 15 is 0 Å². The van der Waals surface area contributed by atoms with Crippen LogP contribution in [-0.4, -0.2) is 38.3 Å². The Morgan fingerprint density at radius 2 is 2.21 bits per heavy atom. The van der Waals surface area contributed by atoms with Crippen LogP contribution in [0.5, 0.6) is 0 Å². The van der Waals surface area contributed by atoms with Crippen molar-refractivity contribution in [2.24, 2.45) is 5.92 Å². The molecular formula is C10H14F3N5O. The van der Waals surface area contributed by atoms with Crippen LogP contribution in [0, 0.1) is 5.92 Å². The number of hydrogen-bond acceptors (Lipinski definition) is 4. The van der Waals surface area contributed by atoms with E-state index in [1.165, 1.54) is 11.0 Å². The monoisotopic (exact) mass is 277 g/mol. The van der Waals surface area contributed by atoms with Crippen molar-refractivity contribution in [2.75, 3.05) is 0 Å². The minimum Gasteiger partial charge on any atom is -0.352 e. The topological polar surface area (TPSA) is 72.7 Å². The fourth-order valence-electron chi connectivity index (χ4n) is 2.29. The molecule has 0 spiro atoms. The Labute approximate surface area is 107 Å². The van der Waals surface area contributed by atoms with Gasteiger partial charge in [-0.2, -0.15) is 13.2 Å². The molecule has 1 heterocycles. The van der Waals surface area contributed by atoms with Gasteiger partial charge in [0.25, 0.3) is 0 Å². The van der Waals surface area contributed by atoms with Crippen LogP contribution in [-0.2, 0) is 11.3 Å². The lowest BCUT2D eigenvalue weighted by Gasteiger charge is -2.30. The third kappa shape index (κ3) is 3.90. The molecule has 6 nitrogen and oxygen atoms in total. The molecular weight excluding hydrogens is 263 g/mol. The van der Waals surface area contributed by atoms with Gasteiger partial charge in [-0.25, -0.2) is 4.68 Å². The average Bonchev–Trinajstić information content (AvgIpc) is 2.80. The van der Waals surface area contributed by atoms with Crippen LogP contribution in [0.15, 0.2) is 6.33 Å². The Hall–Kier alpha value is -1.67. The molecule has 1 aliphatic rings. The molecule has 0 radical (unpaired) electrons. The molecule has 2 atom stereocenters. The summed E-state index contributed by atoms with van der Waals surface area (Å²) in [6, 6.07) is -0.427. The molecule has 1 amide bonds. The maximum absolute atomic E-state index is 12.6. The third-order valence-electron chi connectivity index (χ3n) is 3.20. The summed E-state index contributed by atoms with van der Waals surface area (Å²) in [4.78, 5) is 11.6. The van der Waals surface area contributed by atoms with Gasteiger partial charge in [-0.05, 0) is 29.7 Å². The van der Waals surface area contributed by atoms with E-state index in [0.717, 1.165) is 0 Å². The number of hydrogen-bond donors (Lipinski definition) is 1. The molecule has 0 aromatic carbocycles. The predicted molar refractivity (Wildman–Crippen MR) is 57.8 cm³/mol. The highest BCUT2D eigenvalue weighted by atomic mass is 19.4. The van der Waals surface area contributed by atoms with Crippen LogP contribution < -0.4 is 5.32 Å². The molecule has 9 heteroatoms. The predicted octanol–water partition coefficient (Wildman–Crippen LogP) is 0.910. The van der Waals surface area contributed by atoms with E-state index in [2.05, 4.69) is 20.8 Å². The number of nitrogens with zero attached hydrogens (tertiary/aromatic N) is 4. The second-order valence-corrected chi connectivity index (χ2v) is 4.68. The number of tetrazole rings is 1. The molecule has 0 saturated heterocycles. The second-order valence-electron chi connectivity index (χ2n) is 4.68. The zero-order chi connectivity index (χ0) is 13.9. The zero-order valence-electron chi connectivity index (χ0n) is 10.1. The molecule has 1 aliphatic carbocycles. The largest absolute Gasteiger partial charge is 0.391 e. The molecule has 106 valence electrons. The van der Waals surface area contributed by atoms with Crippen LogP contribution >= 0.6 is 0 Å². The summed E-state index contributed by atoms with van der Waals surface area (Å²) >= 11 is 0. The Morgan fingerprint density at radius 3 is 2.84 bits per heavy atom. The Balaban J connectivity index is 1.83. The fraction of sp³-hybridized carbons (Fsp3) is 0.800. The minimum absolute atomic E-state index is 0.0507. The van der Waals surface area contributed by atoms with Crippen molar-refractivity contribution < 1.29 is 18.0 Å². The highest BCUT2D eigenvalue weighted by Gasteiger charge is 2.42. The van der Waals surface area contributed by atoms with Gasteiger partial charge >= 0.3 is 6.18 Å². The van der Waals surface area contributed by atoms with Crippen molar-refractivity contribution in [3.8, 4) is 0 Å². The number of aromatic nitrogens is 4. The van der Waals surface area contributed by atoms with Gasteiger partial charge < -0.3 is 5.32 Å². The number of amides is 1. The molecule has 0 aliphatic heterocycles. The first-order chi connectivity index (χ1) is 8.95. The normalized spacial score (nSPS) is 24.2. The molecule has 2 rings (SSSR count). The summed E-state index contributed by atoms with van der Waals surface area (Å²) in [5.41, 5.74) is 0. The number of nitrogens with one attached hydrogen (secondary N) is 1. The van der Waals surface area contributed by atoms with E-state index < -0.39 is 18.1 Å². The van der Waals surface area contributed by atoms with Crippen LogP contribution in [0.3, 0.4) is 0 Å². The number of carbonyl (C=O) groups excluding carboxylic acids is 1. The highest BCUT2D eigenvalue weighted by molar-refractivity contribution is 5.75. The lowest BCUT2D eigenvalue weighted by atomic mass is 9.85. The van der Waals surface area contributed by atoms with Crippen molar-refractivity contribution in [3.63, 3.8) is 0 Å². The fourth-order valence-corrected chi connectivity index (χ4v) is 2.29. The Bertz CT molecular complexity index is 419. The lowest BCUT2D eigenvalue weighted by molar-refractivity contribution is -0.184. The van der Waals surface area contributed by atoms with Crippen molar-refractivity contribution in [1.29, 1.82) is 0 Å². The first-order valence-electron chi connectivity index (χ1n) is 6.02. The molecule has 1 aromatic rings. The van der Waals surface area contributed by atoms with E-state index in [0.29, 0.717) is 12.8 Å². The molecule has 1 saturated carbocycles. The average molecular weight is 277 g/mol. The summed E-state index contributed by atoms with van der Waals surface area (Å²) in [5, 5.41) is 12.9. The Morgan fingerprint density at radius 1 is 1.42 bits per heavy atom. The number of rotatable bonds is 3. The highest BCUT2D eigenvalue weighted by Crippen LogP contribution is 2.37. The SMILES string of the molecule is O=C(Cn1cnnn1)NC1CCCC(C(F)(F)F)C1. The molecule has 0 bridgehead atoms. The first kappa shape index (κ1) is 13.8. The van der Waals surface area contributed by atoms with E-state index in [1.54, 1.807) is 0 Å².